The maximum absolute atomic E-state index is 11.9. The predicted octanol–water partition coefficient (Wildman–Crippen LogP) is 2.43. The van der Waals surface area contributed by atoms with Crippen LogP contribution in [0.25, 0.3) is 0 Å². The number of rotatable bonds is 4. The normalized spacial score (nSPS) is 14.0. The van der Waals surface area contributed by atoms with Crippen LogP contribution in [0.1, 0.15) is 37.0 Å². The molecule has 0 unspecified atom stereocenters. The Labute approximate surface area is 123 Å². The monoisotopic (exact) mass is 287 g/mol. The van der Waals surface area contributed by atoms with Gasteiger partial charge in [-0.1, -0.05) is 6.07 Å². The Hall–Kier alpha value is -2.55. The van der Waals surface area contributed by atoms with Gasteiger partial charge in [0.25, 0.3) is 0 Å². The summed E-state index contributed by atoms with van der Waals surface area (Å²) in [6.07, 6.45) is 2.01. The van der Waals surface area contributed by atoms with Crippen molar-refractivity contribution in [3.8, 4) is 6.07 Å². The Bertz CT molecular complexity index is 600. The van der Waals surface area contributed by atoms with Crippen molar-refractivity contribution in [2.75, 3.05) is 5.32 Å². The molecule has 0 bridgehead atoms. The number of anilines is 1. The fourth-order valence-corrected chi connectivity index (χ4v) is 1.62. The summed E-state index contributed by atoms with van der Waals surface area (Å²) in [5, 5.41) is 14.3. The SMILES string of the molecule is CC(C)(C#N)OC(=O)c1cccc(NC(=O)NC2CC2)c1. The third-order valence-electron chi connectivity index (χ3n) is 2.89. The molecular formula is C15H17N3O3. The van der Waals surface area contributed by atoms with E-state index in [0.717, 1.165) is 12.8 Å². The second kappa shape index (κ2) is 5.83. The molecule has 0 aromatic heterocycles. The van der Waals surface area contributed by atoms with Crippen LogP contribution in [0.2, 0.25) is 0 Å². The minimum absolute atomic E-state index is 0.259. The van der Waals surface area contributed by atoms with E-state index in [1.54, 1.807) is 18.2 Å². The van der Waals surface area contributed by atoms with Crippen molar-refractivity contribution in [2.24, 2.45) is 0 Å². The number of nitrogens with one attached hydrogen (secondary N) is 2. The summed E-state index contributed by atoms with van der Waals surface area (Å²) < 4.78 is 5.08. The molecule has 0 atom stereocenters. The molecule has 2 rings (SSSR count). The number of esters is 1. The molecule has 2 amide bonds. The van der Waals surface area contributed by atoms with Gasteiger partial charge in [0.05, 0.1) is 5.56 Å². The van der Waals surface area contributed by atoms with Gasteiger partial charge in [-0.3, -0.25) is 0 Å². The van der Waals surface area contributed by atoms with E-state index in [4.69, 9.17) is 10.00 Å². The fourth-order valence-electron chi connectivity index (χ4n) is 1.62. The Morgan fingerprint density at radius 3 is 2.71 bits per heavy atom. The largest absolute Gasteiger partial charge is 0.441 e. The van der Waals surface area contributed by atoms with Gasteiger partial charge in [-0.25, -0.2) is 9.59 Å². The highest BCUT2D eigenvalue weighted by Crippen LogP contribution is 2.19. The van der Waals surface area contributed by atoms with E-state index in [2.05, 4.69) is 10.6 Å². The number of ether oxygens (including phenoxy) is 1. The van der Waals surface area contributed by atoms with E-state index in [0.29, 0.717) is 5.69 Å². The van der Waals surface area contributed by atoms with Crippen LogP contribution in [0.5, 0.6) is 0 Å². The van der Waals surface area contributed by atoms with Gasteiger partial charge in [0.15, 0.2) is 5.60 Å². The third-order valence-corrected chi connectivity index (χ3v) is 2.89. The zero-order chi connectivity index (χ0) is 15.5. The highest BCUT2D eigenvalue weighted by atomic mass is 16.6. The molecular weight excluding hydrogens is 270 g/mol. The molecule has 21 heavy (non-hydrogen) atoms. The van der Waals surface area contributed by atoms with Gasteiger partial charge in [0.2, 0.25) is 0 Å². The third kappa shape index (κ3) is 4.49. The highest BCUT2D eigenvalue weighted by Gasteiger charge is 2.24. The molecule has 1 aliphatic rings. The predicted molar refractivity (Wildman–Crippen MR) is 76.7 cm³/mol. The van der Waals surface area contributed by atoms with E-state index >= 15 is 0 Å². The van der Waals surface area contributed by atoms with E-state index in [-0.39, 0.29) is 17.6 Å². The Kier molecular flexibility index (Phi) is 4.13. The quantitative estimate of drug-likeness (QED) is 0.832. The molecule has 1 aromatic rings. The van der Waals surface area contributed by atoms with Crippen molar-refractivity contribution in [3.05, 3.63) is 29.8 Å². The standard InChI is InChI=1S/C15H17N3O3/c1-15(2,9-16)21-13(19)10-4-3-5-12(8-10)18-14(20)17-11-6-7-11/h3-5,8,11H,6-7H2,1-2H3,(H2,17,18,20). The smallest absolute Gasteiger partial charge is 0.339 e. The maximum atomic E-state index is 11.9. The first-order chi connectivity index (χ1) is 9.89. The van der Waals surface area contributed by atoms with Crippen LogP contribution >= 0.6 is 0 Å². The van der Waals surface area contributed by atoms with E-state index in [1.165, 1.54) is 19.9 Å². The minimum atomic E-state index is -1.19. The van der Waals surface area contributed by atoms with Gasteiger partial charge in [0, 0.05) is 11.7 Å². The molecule has 0 spiro atoms. The van der Waals surface area contributed by atoms with Gasteiger partial charge in [0.1, 0.15) is 6.07 Å². The van der Waals surface area contributed by atoms with Crippen LogP contribution in [0, 0.1) is 11.3 Å². The topological polar surface area (TPSA) is 91.2 Å². The summed E-state index contributed by atoms with van der Waals surface area (Å²) in [4.78, 5) is 23.6. The van der Waals surface area contributed by atoms with Gasteiger partial charge in [-0.2, -0.15) is 5.26 Å². The minimum Gasteiger partial charge on any atom is -0.441 e. The number of nitrogens with zero attached hydrogens (tertiary/aromatic N) is 1. The van der Waals surface area contributed by atoms with E-state index in [9.17, 15) is 9.59 Å². The summed E-state index contributed by atoms with van der Waals surface area (Å²) in [6.45, 7) is 3.02. The summed E-state index contributed by atoms with van der Waals surface area (Å²) in [5.41, 5.74) is -0.413. The molecule has 0 saturated heterocycles. The van der Waals surface area contributed by atoms with Gasteiger partial charge in [-0.05, 0) is 44.9 Å². The average Bonchev–Trinajstić information content (AvgIpc) is 3.22. The first-order valence-electron chi connectivity index (χ1n) is 6.72. The second-order valence-corrected chi connectivity index (χ2v) is 5.47. The molecule has 6 heteroatoms. The number of hydrogen-bond acceptors (Lipinski definition) is 4. The van der Waals surface area contributed by atoms with Crippen molar-refractivity contribution in [3.63, 3.8) is 0 Å². The average molecular weight is 287 g/mol. The maximum Gasteiger partial charge on any atom is 0.339 e. The first-order valence-corrected chi connectivity index (χ1v) is 6.72. The van der Waals surface area contributed by atoms with Gasteiger partial charge in [-0.15, -0.1) is 0 Å². The lowest BCUT2D eigenvalue weighted by molar-refractivity contribution is 0.0197. The lowest BCUT2D eigenvalue weighted by Gasteiger charge is -2.16. The van der Waals surface area contributed by atoms with Gasteiger partial charge < -0.3 is 15.4 Å². The van der Waals surface area contributed by atoms with Crippen molar-refractivity contribution in [1.82, 2.24) is 5.32 Å². The van der Waals surface area contributed by atoms with Crippen LogP contribution in [-0.4, -0.2) is 23.6 Å². The first kappa shape index (κ1) is 14.9. The summed E-state index contributed by atoms with van der Waals surface area (Å²) in [6, 6.07) is 8.27. The number of benzene rings is 1. The number of urea groups is 1. The number of carbonyl (C=O) groups is 2. The van der Waals surface area contributed by atoms with Crippen molar-refractivity contribution in [2.45, 2.75) is 38.3 Å². The molecule has 110 valence electrons. The Morgan fingerprint density at radius 1 is 1.38 bits per heavy atom. The Morgan fingerprint density at radius 2 is 2.10 bits per heavy atom. The van der Waals surface area contributed by atoms with Crippen molar-refractivity contribution >= 4 is 17.7 Å². The fraction of sp³-hybridized carbons (Fsp3) is 0.400. The lowest BCUT2D eigenvalue weighted by atomic mass is 10.1. The molecule has 1 saturated carbocycles. The Balaban J connectivity index is 2.01. The van der Waals surface area contributed by atoms with Crippen molar-refractivity contribution < 1.29 is 14.3 Å². The van der Waals surface area contributed by atoms with E-state index in [1.807, 2.05) is 6.07 Å². The molecule has 1 aromatic carbocycles. The number of nitriles is 1. The summed E-state index contributed by atoms with van der Waals surface area (Å²) >= 11 is 0. The van der Waals surface area contributed by atoms with Crippen LogP contribution in [0.3, 0.4) is 0 Å². The molecule has 0 radical (unpaired) electrons. The zero-order valence-corrected chi connectivity index (χ0v) is 12.0. The molecule has 0 aliphatic heterocycles. The van der Waals surface area contributed by atoms with Crippen molar-refractivity contribution in [1.29, 1.82) is 5.26 Å². The number of carbonyl (C=O) groups excluding carboxylic acids is 2. The summed E-state index contributed by atoms with van der Waals surface area (Å²) in [7, 11) is 0. The highest BCUT2D eigenvalue weighted by molar-refractivity contribution is 5.94. The molecule has 2 N–H and O–H groups in total. The second-order valence-electron chi connectivity index (χ2n) is 5.47. The van der Waals surface area contributed by atoms with Gasteiger partial charge >= 0.3 is 12.0 Å². The lowest BCUT2D eigenvalue weighted by Crippen LogP contribution is -2.30. The summed E-state index contributed by atoms with van der Waals surface area (Å²) in [5.74, 6) is -0.604. The number of amides is 2. The number of hydrogen-bond donors (Lipinski definition) is 2. The van der Waals surface area contributed by atoms with E-state index < -0.39 is 11.6 Å². The molecule has 1 fully saturated rings. The van der Waals surface area contributed by atoms with Crippen LogP contribution < -0.4 is 10.6 Å². The molecule has 1 aliphatic carbocycles. The van der Waals surface area contributed by atoms with Crippen LogP contribution in [0.15, 0.2) is 24.3 Å². The molecule has 6 nitrogen and oxygen atoms in total. The molecule has 0 heterocycles. The van der Waals surface area contributed by atoms with Crippen LogP contribution in [0.4, 0.5) is 10.5 Å². The van der Waals surface area contributed by atoms with Crippen LogP contribution in [-0.2, 0) is 4.74 Å². The zero-order valence-electron chi connectivity index (χ0n) is 12.0.